The van der Waals surface area contributed by atoms with Crippen molar-refractivity contribution in [1.82, 2.24) is 9.55 Å². The van der Waals surface area contributed by atoms with Crippen LogP contribution >= 0.6 is 11.3 Å². The molecule has 0 spiro atoms. The highest BCUT2D eigenvalue weighted by atomic mass is 32.1. The zero-order valence-corrected chi connectivity index (χ0v) is 17.8. The molecule has 0 saturated carbocycles. The highest BCUT2D eigenvalue weighted by molar-refractivity contribution is 7.17. The second-order valence-corrected chi connectivity index (χ2v) is 8.15. The van der Waals surface area contributed by atoms with Gasteiger partial charge < -0.3 is 4.74 Å². The molecule has 2 heterocycles. The predicted molar refractivity (Wildman–Crippen MR) is 120 cm³/mol. The van der Waals surface area contributed by atoms with Gasteiger partial charge in [-0.05, 0) is 54.7 Å². The van der Waals surface area contributed by atoms with Crippen LogP contribution < -0.4 is 10.3 Å². The molecule has 2 aromatic carbocycles. The molecule has 0 amide bonds. The van der Waals surface area contributed by atoms with Crippen LogP contribution in [0.3, 0.4) is 0 Å². The molecule has 148 valence electrons. The summed E-state index contributed by atoms with van der Waals surface area (Å²) < 4.78 is 7.52. The van der Waals surface area contributed by atoms with Crippen LogP contribution in [0.1, 0.15) is 23.6 Å². The Morgan fingerprint density at radius 1 is 1.07 bits per heavy atom. The molecule has 0 aliphatic heterocycles. The molecule has 29 heavy (non-hydrogen) atoms. The van der Waals surface area contributed by atoms with Gasteiger partial charge in [0.15, 0.2) is 0 Å². The minimum Gasteiger partial charge on any atom is -0.492 e. The molecular weight excluding hydrogens is 380 g/mol. The van der Waals surface area contributed by atoms with Gasteiger partial charge in [0.25, 0.3) is 5.56 Å². The first-order valence-electron chi connectivity index (χ1n) is 9.82. The largest absolute Gasteiger partial charge is 0.492 e. The molecule has 4 rings (SSSR count). The summed E-state index contributed by atoms with van der Waals surface area (Å²) in [6.45, 7) is 7.11. The highest BCUT2D eigenvalue weighted by Crippen LogP contribution is 2.30. The number of ether oxygens (including phenoxy) is 1. The molecule has 0 aliphatic rings. The van der Waals surface area contributed by atoms with Crippen LogP contribution in [0.2, 0.25) is 0 Å². The molecule has 0 aliphatic carbocycles. The van der Waals surface area contributed by atoms with Gasteiger partial charge in [-0.15, -0.1) is 11.3 Å². The topological polar surface area (TPSA) is 44.1 Å². The second kappa shape index (κ2) is 8.21. The lowest BCUT2D eigenvalue weighted by Gasteiger charge is -2.10. The van der Waals surface area contributed by atoms with E-state index in [4.69, 9.17) is 4.74 Å². The van der Waals surface area contributed by atoms with Crippen LogP contribution in [-0.2, 0) is 13.0 Å². The van der Waals surface area contributed by atoms with E-state index in [0.717, 1.165) is 39.3 Å². The van der Waals surface area contributed by atoms with E-state index < -0.39 is 0 Å². The molecule has 0 fully saturated rings. The Morgan fingerprint density at radius 3 is 2.48 bits per heavy atom. The van der Waals surface area contributed by atoms with Crippen molar-refractivity contribution >= 4 is 21.6 Å². The fourth-order valence-electron chi connectivity index (χ4n) is 3.54. The quantitative estimate of drug-likeness (QED) is 0.433. The smallest absolute Gasteiger partial charge is 0.262 e. The number of fused-ring (bicyclic) bond motifs is 1. The van der Waals surface area contributed by atoms with Crippen LogP contribution in [0.4, 0.5) is 0 Å². The molecule has 0 unspecified atom stereocenters. The van der Waals surface area contributed by atoms with Gasteiger partial charge in [0.2, 0.25) is 0 Å². The van der Waals surface area contributed by atoms with E-state index in [9.17, 15) is 4.79 Å². The van der Waals surface area contributed by atoms with Crippen molar-refractivity contribution in [1.29, 1.82) is 0 Å². The summed E-state index contributed by atoms with van der Waals surface area (Å²) in [4.78, 5) is 18.4. The molecular formula is C24H24N2O2S. The number of thiophene rings is 1. The Kier molecular flexibility index (Phi) is 5.49. The van der Waals surface area contributed by atoms with Crippen LogP contribution in [0.5, 0.6) is 5.75 Å². The van der Waals surface area contributed by atoms with Crippen molar-refractivity contribution in [2.24, 2.45) is 0 Å². The monoisotopic (exact) mass is 404 g/mol. The van der Waals surface area contributed by atoms with Crippen molar-refractivity contribution in [2.45, 2.75) is 33.7 Å². The van der Waals surface area contributed by atoms with Crippen molar-refractivity contribution < 1.29 is 4.74 Å². The SMILES string of the molecule is CCc1ccc(-c2csc3ncn(CCOc4cc(C)cc(C)c4)c(=O)c23)cc1. The van der Waals surface area contributed by atoms with E-state index >= 15 is 0 Å². The van der Waals surface area contributed by atoms with Crippen LogP contribution in [0, 0.1) is 13.8 Å². The third-order valence-electron chi connectivity index (χ3n) is 5.03. The molecule has 0 N–H and O–H groups in total. The maximum Gasteiger partial charge on any atom is 0.262 e. The van der Waals surface area contributed by atoms with Crippen molar-refractivity contribution in [3.05, 3.63) is 81.2 Å². The highest BCUT2D eigenvalue weighted by Gasteiger charge is 2.13. The molecule has 4 aromatic rings. The maximum absolute atomic E-state index is 13.1. The Bertz CT molecular complexity index is 1190. The fourth-order valence-corrected chi connectivity index (χ4v) is 4.44. The average molecular weight is 405 g/mol. The predicted octanol–water partition coefficient (Wildman–Crippen LogP) is 5.38. The zero-order valence-electron chi connectivity index (χ0n) is 16.9. The third kappa shape index (κ3) is 4.10. The summed E-state index contributed by atoms with van der Waals surface area (Å²) in [5.74, 6) is 0.830. The van der Waals surface area contributed by atoms with Gasteiger partial charge in [-0.2, -0.15) is 0 Å². The van der Waals surface area contributed by atoms with Crippen molar-refractivity contribution in [2.75, 3.05) is 6.61 Å². The third-order valence-corrected chi connectivity index (χ3v) is 5.92. The summed E-state index contributed by atoms with van der Waals surface area (Å²) in [5, 5.41) is 2.71. The number of benzene rings is 2. The second-order valence-electron chi connectivity index (χ2n) is 7.30. The van der Waals surface area contributed by atoms with E-state index in [2.05, 4.69) is 42.2 Å². The summed E-state index contributed by atoms with van der Waals surface area (Å²) in [6.07, 6.45) is 2.62. The standard InChI is InChI=1S/C24H24N2O2S/c1-4-18-5-7-19(8-6-18)21-14-29-23-22(21)24(27)26(15-25-23)9-10-28-20-12-16(2)11-17(3)13-20/h5-8,11-15H,4,9-10H2,1-3H3. The molecule has 0 atom stereocenters. The first-order valence-corrected chi connectivity index (χ1v) is 10.7. The number of nitrogens with zero attached hydrogens (tertiary/aromatic N) is 2. The van der Waals surface area contributed by atoms with Gasteiger partial charge in [0, 0.05) is 10.9 Å². The number of aryl methyl sites for hydroxylation is 3. The molecule has 0 bridgehead atoms. The fraction of sp³-hybridized carbons (Fsp3) is 0.250. The van der Waals surface area contributed by atoms with Gasteiger partial charge in [-0.3, -0.25) is 9.36 Å². The van der Waals surface area contributed by atoms with Crippen molar-refractivity contribution in [3.63, 3.8) is 0 Å². The normalized spacial score (nSPS) is 11.1. The molecule has 2 aromatic heterocycles. The summed E-state index contributed by atoms with van der Waals surface area (Å²) >= 11 is 1.51. The lowest BCUT2D eigenvalue weighted by atomic mass is 10.0. The summed E-state index contributed by atoms with van der Waals surface area (Å²) in [7, 11) is 0. The van der Waals surface area contributed by atoms with Crippen LogP contribution in [0.15, 0.2) is 59.0 Å². The molecule has 4 nitrogen and oxygen atoms in total. The van der Waals surface area contributed by atoms with Crippen LogP contribution in [0.25, 0.3) is 21.3 Å². The zero-order chi connectivity index (χ0) is 20.4. The maximum atomic E-state index is 13.1. The van der Waals surface area contributed by atoms with Crippen molar-refractivity contribution in [3.8, 4) is 16.9 Å². The number of hydrogen-bond acceptors (Lipinski definition) is 4. The molecule has 0 saturated heterocycles. The van der Waals surface area contributed by atoms with E-state index in [1.165, 1.54) is 16.9 Å². The Hall–Kier alpha value is -2.92. The van der Waals surface area contributed by atoms with E-state index in [1.807, 2.05) is 31.4 Å². The van der Waals surface area contributed by atoms with Gasteiger partial charge in [0.05, 0.1) is 18.3 Å². The lowest BCUT2D eigenvalue weighted by molar-refractivity contribution is 0.295. The first kappa shape index (κ1) is 19.4. The lowest BCUT2D eigenvalue weighted by Crippen LogP contribution is -2.23. The van der Waals surface area contributed by atoms with Crippen LogP contribution in [-0.4, -0.2) is 16.2 Å². The first-order chi connectivity index (χ1) is 14.0. The minimum atomic E-state index is -0.0187. The summed E-state index contributed by atoms with van der Waals surface area (Å²) in [5.41, 5.74) is 5.60. The Balaban J connectivity index is 1.59. The van der Waals surface area contributed by atoms with Gasteiger partial charge in [0.1, 0.15) is 17.2 Å². The Morgan fingerprint density at radius 2 is 1.79 bits per heavy atom. The van der Waals surface area contributed by atoms with E-state index in [1.54, 1.807) is 10.9 Å². The van der Waals surface area contributed by atoms with Gasteiger partial charge in [-0.25, -0.2) is 4.98 Å². The minimum absolute atomic E-state index is 0.0187. The Labute approximate surface area is 174 Å². The summed E-state index contributed by atoms with van der Waals surface area (Å²) in [6, 6.07) is 14.5. The molecule has 5 heteroatoms. The molecule has 0 radical (unpaired) electrons. The number of hydrogen-bond donors (Lipinski definition) is 0. The average Bonchev–Trinajstić information content (AvgIpc) is 3.14. The number of rotatable bonds is 6. The van der Waals surface area contributed by atoms with E-state index in [-0.39, 0.29) is 5.56 Å². The van der Waals surface area contributed by atoms with Gasteiger partial charge >= 0.3 is 0 Å². The van der Waals surface area contributed by atoms with Gasteiger partial charge in [-0.1, -0.05) is 37.3 Å². The number of aromatic nitrogens is 2. The van der Waals surface area contributed by atoms with E-state index in [0.29, 0.717) is 18.5 Å².